The molecule has 1 fully saturated rings. The van der Waals surface area contributed by atoms with Crippen LogP contribution in [0.25, 0.3) is 17.4 Å². The summed E-state index contributed by atoms with van der Waals surface area (Å²) in [6, 6.07) is 24.6. The van der Waals surface area contributed by atoms with Gasteiger partial charge in [-0.1, -0.05) is 30.3 Å². The molecule has 0 radical (unpaired) electrons. The molecular formula is C28H25N3O4. The number of rotatable bonds is 6. The van der Waals surface area contributed by atoms with Crippen molar-refractivity contribution in [1.29, 1.82) is 0 Å². The molecular weight excluding hydrogens is 442 g/mol. The molecule has 7 heteroatoms. The maximum absolute atomic E-state index is 12.4. The lowest BCUT2D eigenvalue weighted by Crippen LogP contribution is -2.48. The van der Waals surface area contributed by atoms with E-state index in [0.717, 1.165) is 30.1 Å². The SMILES string of the molecule is O=C(/C=C/c1ccc(-c2ccccc2)o1)Nc1ccc(N2CCN(C(=O)c3ccco3)CC2)cc1. The number of hydrogen-bond acceptors (Lipinski definition) is 5. The van der Waals surface area contributed by atoms with Crippen molar-refractivity contribution in [3.05, 3.63) is 103 Å². The number of carbonyl (C=O) groups excluding carboxylic acids is 2. The third-order valence-electron chi connectivity index (χ3n) is 5.88. The minimum Gasteiger partial charge on any atom is -0.459 e. The molecule has 1 saturated heterocycles. The van der Waals surface area contributed by atoms with E-state index < -0.39 is 0 Å². The predicted molar refractivity (Wildman–Crippen MR) is 135 cm³/mol. The second-order valence-electron chi connectivity index (χ2n) is 8.19. The largest absolute Gasteiger partial charge is 0.459 e. The van der Waals surface area contributed by atoms with Crippen LogP contribution >= 0.6 is 0 Å². The minimum atomic E-state index is -0.236. The topological polar surface area (TPSA) is 78.9 Å². The van der Waals surface area contributed by atoms with Crippen molar-refractivity contribution in [2.24, 2.45) is 0 Å². The van der Waals surface area contributed by atoms with Gasteiger partial charge in [-0.15, -0.1) is 0 Å². The molecule has 2 aromatic heterocycles. The van der Waals surface area contributed by atoms with Crippen molar-refractivity contribution in [2.75, 3.05) is 36.4 Å². The predicted octanol–water partition coefficient (Wildman–Crippen LogP) is 5.15. The summed E-state index contributed by atoms with van der Waals surface area (Å²) >= 11 is 0. The van der Waals surface area contributed by atoms with Crippen LogP contribution in [-0.4, -0.2) is 42.9 Å². The monoisotopic (exact) mass is 467 g/mol. The maximum Gasteiger partial charge on any atom is 0.289 e. The zero-order valence-electron chi connectivity index (χ0n) is 19.1. The van der Waals surface area contributed by atoms with Gasteiger partial charge in [0, 0.05) is 49.2 Å². The van der Waals surface area contributed by atoms with Gasteiger partial charge >= 0.3 is 0 Å². The number of benzene rings is 2. The summed E-state index contributed by atoms with van der Waals surface area (Å²) in [5.41, 5.74) is 2.74. The number of piperazine rings is 1. The fraction of sp³-hybridized carbons (Fsp3) is 0.143. The van der Waals surface area contributed by atoms with Gasteiger partial charge in [-0.3, -0.25) is 9.59 Å². The van der Waals surface area contributed by atoms with Crippen LogP contribution in [0.4, 0.5) is 11.4 Å². The van der Waals surface area contributed by atoms with Crippen LogP contribution in [-0.2, 0) is 4.79 Å². The van der Waals surface area contributed by atoms with E-state index in [-0.39, 0.29) is 11.8 Å². The third kappa shape index (κ3) is 5.35. The summed E-state index contributed by atoms with van der Waals surface area (Å²) in [6.07, 6.45) is 4.62. The van der Waals surface area contributed by atoms with Gasteiger partial charge in [0.05, 0.1) is 6.26 Å². The van der Waals surface area contributed by atoms with E-state index >= 15 is 0 Å². The van der Waals surface area contributed by atoms with E-state index in [2.05, 4.69) is 10.2 Å². The second kappa shape index (κ2) is 10.2. The van der Waals surface area contributed by atoms with Gasteiger partial charge in [0.15, 0.2) is 5.76 Å². The average Bonchev–Trinajstić information content (AvgIpc) is 3.61. The first kappa shape index (κ1) is 22.3. The molecule has 0 atom stereocenters. The Kier molecular flexibility index (Phi) is 6.48. The van der Waals surface area contributed by atoms with Crippen LogP contribution in [0.1, 0.15) is 16.3 Å². The number of hydrogen-bond donors (Lipinski definition) is 1. The second-order valence-corrected chi connectivity index (χ2v) is 8.19. The van der Waals surface area contributed by atoms with E-state index in [1.807, 2.05) is 66.7 Å². The lowest BCUT2D eigenvalue weighted by molar-refractivity contribution is -0.111. The van der Waals surface area contributed by atoms with Crippen LogP contribution < -0.4 is 10.2 Å². The lowest BCUT2D eigenvalue weighted by Gasteiger charge is -2.35. The number of nitrogens with one attached hydrogen (secondary N) is 1. The van der Waals surface area contributed by atoms with Crippen LogP contribution in [0.2, 0.25) is 0 Å². The first-order valence-electron chi connectivity index (χ1n) is 11.5. The van der Waals surface area contributed by atoms with Gasteiger partial charge in [-0.2, -0.15) is 0 Å². The lowest BCUT2D eigenvalue weighted by atomic mass is 10.2. The van der Waals surface area contributed by atoms with Crippen LogP contribution in [0, 0.1) is 0 Å². The molecule has 35 heavy (non-hydrogen) atoms. The van der Waals surface area contributed by atoms with Gasteiger partial charge in [-0.25, -0.2) is 0 Å². The minimum absolute atomic E-state index is 0.0772. The van der Waals surface area contributed by atoms with Crippen molar-refractivity contribution < 1.29 is 18.4 Å². The van der Waals surface area contributed by atoms with E-state index in [4.69, 9.17) is 8.83 Å². The molecule has 7 nitrogen and oxygen atoms in total. The summed E-state index contributed by atoms with van der Waals surface area (Å²) < 4.78 is 11.0. The molecule has 5 rings (SSSR count). The number of furan rings is 2. The molecule has 2 aromatic carbocycles. The Morgan fingerprint density at radius 2 is 1.60 bits per heavy atom. The standard InChI is InChI=1S/C28H25N3O4/c32-27(15-13-24-12-14-25(35-24)21-5-2-1-3-6-21)29-22-8-10-23(11-9-22)30-16-18-31(19-17-30)28(33)26-7-4-20-34-26/h1-15,20H,16-19H2,(H,29,32)/b15-13+. The Morgan fingerprint density at radius 3 is 2.31 bits per heavy atom. The van der Waals surface area contributed by atoms with Crippen LogP contribution in [0.15, 0.2) is 100 Å². The zero-order chi connectivity index (χ0) is 24.0. The highest BCUT2D eigenvalue weighted by Gasteiger charge is 2.23. The summed E-state index contributed by atoms with van der Waals surface area (Å²) in [7, 11) is 0. The maximum atomic E-state index is 12.4. The molecule has 1 aliphatic rings. The molecule has 4 aromatic rings. The Bertz CT molecular complexity index is 1300. The highest BCUT2D eigenvalue weighted by atomic mass is 16.3. The Balaban J connectivity index is 1.12. The van der Waals surface area contributed by atoms with Crippen molar-refractivity contribution in [3.8, 4) is 11.3 Å². The van der Waals surface area contributed by atoms with E-state index in [1.165, 1.54) is 12.3 Å². The van der Waals surface area contributed by atoms with Gasteiger partial charge in [0.2, 0.25) is 5.91 Å². The Hall–Kier alpha value is -4.52. The number of carbonyl (C=O) groups is 2. The average molecular weight is 468 g/mol. The Morgan fingerprint density at radius 1 is 0.829 bits per heavy atom. The Labute approximate surface area is 203 Å². The molecule has 0 unspecified atom stereocenters. The van der Waals surface area contributed by atoms with Gasteiger partial charge in [-0.05, 0) is 54.6 Å². The third-order valence-corrected chi connectivity index (χ3v) is 5.88. The number of anilines is 2. The normalized spacial score (nSPS) is 13.8. The molecule has 2 amide bonds. The molecule has 0 aliphatic carbocycles. The molecule has 1 aliphatic heterocycles. The van der Waals surface area contributed by atoms with Crippen molar-refractivity contribution >= 4 is 29.3 Å². The summed E-state index contributed by atoms with van der Waals surface area (Å²) in [5.74, 6) is 1.43. The molecule has 0 bridgehead atoms. The van der Waals surface area contributed by atoms with Gasteiger partial charge in [0.25, 0.3) is 5.91 Å². The van der Waals surface area contributed by atoms with Crippen molar-refractivity contribution in [1.82, 2.24) is 4.90 Å². The molecule has 3 heterocycles. The van der Waals surface area contributed by atoms with E-state index in [0.29, 0.717) is 30.3 Å². The van der Waals surface area contributed by atoms with E-state index in [9.17, 15) is 9.59 Å². The summed E-state index contributed by atoms with van der Waals surface area (Å²) in [4.78, 5) is 28.8. The fourth-order valence-electron chi connectivity index (χ4n) is 4.02. The highest BCUT2D eigenvalue weighted by molar-refractivity contribution is 6.01. The molecule has 0 saturated carbocycles. The number of amides is 2. The zero-order valence-corrected chi connectivity index (χ0v) is 19.1. The van der Waals surface area contributed by atoms with Crippen molar-refractivity contribution in [3.63, 3.8) is 0 Å². The number of nitrogens with zero attached hydrogens (tertiary/aromatic N) is 2. The van der Waals surface area contributed by atoms with Gasteiger partial charge < -0.3 is 24.0 Å². The fourth-order valence-corrected chi connectivity index (χ4v) is 4.02. The van der Waals surface area contributed by atoms with Crippen LogP contribution in [0.5, 0.6) is 0 Å². The smallest absolute Gasteiger partial charge is 0.289 e. The van der Waals surface area contributed by atoms with E-state index in [1.54, 1.807) is 23.1 Å². The van der Waals surface area contributed by atoms with Crippen LogP contribution in [0.3, 0.4) is 0 Å². The first-order valence-corrected chi connectivity index (χ1v) is 11.5. The van der Waals surface area contributed by atoms with Crippen molar-refractivity contribution in [2.45, 2.75) is 0 Å². The highest BCUT2D eigenvalue weighted by Crippen LogP contribution is 2.23. The molecule has 1 N–H and O–H groups in total. The quantitative estimate of drug-likeness (QED) is 0.397. The molecule has 176 valence electrons. The first-order chi connectivity index (χ1) is 17.2. The summed E-state index contributed by atoms with van der Waals surface area (Å²) in [6.45, 7) is 2.72. The van der Waals surface area contributed by atoms with Gasteiger partial charge in [0.1, 0.15) is 11.5 Å². The molecule has 0 spiro atoms. The summed E-state index contributed by atoms with van der Waals surface area (Å²) in [5, 5.41) is 2.87.